The lowest BCUT2D eigenvalue weighted by Crippen LogP contribution is -2.29. The smallest absolute Gasteiger partial charge is 0.0951 e. The lowest BCUT2D eigenvalue weighted by molar-refractivity contribution is 0.0348. The van der Waals surface area contributed by atoms with E-state index in [0.717, 1.165) is 26.2 Å². The summed E-state index contributed by atoms with van der Waals surface area (Å²) in [5, 5.41) is 0. The molecule has 2 nitrogen and oxygen atoms in total. The van der Waals surface area contributed by atoms with E-state index in [-0.39, 0.29) is 6.10 Å². The maximum Gasteiger partial charge on any atom is 0.0951 e. The van der Waals surface area contributed by atoms with Crippen LogP contribution in [0.5, 0.6) is 0 Å². The van der Waals surface area contributed by atoms with Crippen molar-refractivity contribution < 1.29 is 4.74 Å². The Kier molecular flexibility index (Phi) is 6.12. The van der Waals surface area contributed by atoms with E-state index < -0.39 is 0 Å². The van der Waals surface area contributed by atoms with Gasteiger partial charge in [0.1, 0.15) is 0 Å². The summed E-state index contributed by atoms with van der Waals surface area (Å²) in [6.45, 7) is 10.3. The molecule has 0 aliphatic rings. The summed E-state index contributed by atoms with van der Waals surface area (Å²) in [5.41, 5.74) is 1.27. The van der Waals surface area contributed by atoms with Crippen LogP contribution in [0.4, 0.5) is 0 Å². The van der Waals surface area contributed by atoms with E-state index in [2.05, 4.69) is 49.9 Å². The van der Waals surface area contributed by atoms with Crippen molar-refractivity contribution in [3.8, 4) is 0 Å². The summed E-state index contributed by atoms with van der Waals surface area (Å²) in [7, 11) is 0. The first-order valence-corrected chi connectivity index (χ1v) is 6.20. The Morgan fingerprint density at radius 3 is 2.19 bits per heavy atom. The number of nitrogens with zero attached hydrogens (tertiary/aromatic N) is 1. The lowest BCUT2D eigenvalue weighted by atomic mass is 10.1. The molecule has 0 aromatic heterocycles. The maximum absolute atomic E-state index is 5.82. The fourth-order valence-electron chi connectivity index (χ4n) is 1.84. The predicted molar refractivity (Wildman–Crippen MR) is 68.6 cm³/mol. The van der Waals surface area contributed by atoms with Gasteiger partial charge in [0.05, 0.1) is 6.10 Å². The van der Waals surface area contributed by atoms with Gasteiger partial charge in [0.2, 0.25) is 0 Å². The van der Waals surface area contributed by atoms with E-state index in [1.807, 2.05) is 6.07 Å². The third-order valence-corrected chi connectivity index (χ3v) is 2.86. The van der Waals surface area contributed by atoms with Gasteiger partial charge in [-0.25, -0.2) is 0 Å². The number of hydrogen-bond donors (Lipinski definition) is 0. The first kappa shape index (κ1) is 13.2. The average molecular weight is 221 g/mol. The molecule has 0 spiro atoms. The van der Waals surface area contributed by atoms with Gasteiger partial charge < -0.3 is 9.64 Å². The van der Waals surface area contributed by atoms with E-state index in [9.17, 15) is 0 Å². The van der Waals surface area contributed by atoms with Crippen molar-refractivity contribution in [1.82, 2.24) is 4.90 Å². The molecule has 0 heterocycles. The number of likely N-dealkylation sites (N-methyl/N-ethyl adjacent to an activating group) is 1. The zero-order valence-corrected chi connectivity index (χ0v) is 10.6. The van der Waals surface area contributed by atoms with Crippen LogP contribution in [0.15, 0.2) is 30.3 Å². The van der Waals surface area contributed by atoms with Crippen LogP contribution in [-0.4, -0.2) is 31.1 Å². The number of benzene rings is 1. The van der Waals surface area contributed by atoms with E-state index in [4.69, 9.17) is 4.74 Å². The second-order valence-electron chi connectivity index (χ2n) is 3.84. The fourth-order valence-corrected chi connectivity index (χ4v) is 1.84. The second kappa shape index (κ2) is 7.42. The van der Waals surface area contributed by atoms with Gasteiger partial charge in [-0.1, -0.05) is 44.2 Å². The van der Waals surface area contributed by atoms with Gasteiger partial charge in [-0.05, 0) is 25.6 Å². The van der Waals surface area contributed by atoms with Crippen LogP contribution in [-0.2, 0) is 4.74 Å². The van der Waals surface area contributed by atoms with E-state index >= 15 is 0 Å². The highest BCUT2D eigenvalue weighted by molar-refractivity contribution is 5.17. The molecule has 90 valence electrons. The molecule has 2 heteroatoms. The molecule has 0 aliphatic heterocycles. The normalized spacial score (nSPS) is 13.0. The molecule has 1 atom stereocenters. The maximum atomic E-state index is 5.82. The summed E-state index contributed by atoms with van der Waals surface area (Å²) in [6, 6.07) is 10.5. The Morgan fingerprint density at radius 1 is 1.06 bits per heavy atom. The molecular weight excluding hydrogens is 198 g/mol. The third-order valence-electron chi connectivity index (χ3n) is 2.86. The highest BCUT2D eigenvalue weighted by atomic mass is 16.5. The standard InChI is InChI=1S/C14H23NO/c1-4-15(5-2)12-14(16-6-3)13-10-8-7-9-11-13/h7-11,14H,4-6,12H2,1-3H3/t14-/m0/s1. The SMILES string of the molecule is CCO[C@@H](CN(CC)CC)c1ccccc1. The largest absolute Gasteiger partial charge is 0.372 e. The molecular formula is C14H23NO. The zero-order valence-electron chi connectivity index (χ0n) is 10.6. The lowest BCUT2D eigenvalue weighted by Gasteiger charge is -2.25. The number of rotatable bonds is 7. The van der Waals surface area contributed by atoms with Gasteiger partial charge in [-0.15, -0.1) is 0 Å². The molecule has 1 rings (SSSR count). The Hall–Kier alpha value is -0.860. The molecule has 0 saturated heterocycles. The molecule has 0 amide bonds. The molecule has 1 aromatic carbocycles. The van der Waals surface area contributed by atoms with Crippen molar-refractivity contribution in [2.45, 2.75) is 26.9 Å². The van der Waals surface area contributed by atoms with Gasteiger partial charge in [0, 0.05) is 13.2 Å². The molecule has 0 saturated carbocycles. The van der Waals surface area contributed by atoms with Crippen molar-refractivity contribution in [2.75, 3.05) is 26.2 Å². The van der Waals surface area contributed by atoms with Crippen LogP contribution < -0.4 is 0 Å². The topological polar surface area (TPSA) is 12.5 Å². The number of hydrogen-bond acceptors (Lipinski definition) is 2. The van der Waals surface area contributed by atoms with Gasteiger partial charge in [0.15, 0.2) is 0 Å². The van der Waals surface area contributed by atoms with E-state index in [1.165, 1.54) is 5.56 Å². The second-order valence-corrected chi connectivity index (χ2v) is 3.84. The Balaban J connectivity index is 2.67. The molecule has 0 bridgehead atoms. The summed E-state index contributed by atoms with van der Waals surface area (Å²) in [4.78, 5) is 2.40. The molecule has 0 unspecified atom stereocenters. The van der Waals surface area contributed by atoms with Crippen LogP contribution in [0.2, 0.25) is 0 Å². The quantitative estimate of drug-likeness (QED) is 0.701. The van der Waals surface area contributed by atoms with Gasteiger partial charge in [0.25, 0.3) is 0 Å². The summed E-state index contributed by atoms with van der Waals surface area (Å²) >= 11 is 0. The Bertz CT molecular complexity index is 269. The fraction of sp³-hybridized carbons (Fsp3) is 0.571. The van der Waals surface area contributed by atoms with Gasteiger partial charge >= 0.3 is 0 Å². The van der Waals surface area contributed by atoms with Crippen LogP contribution in [0, 0.1) is 0 Å². The minimum atomic E-state index is 0.200. The Labute approximate surface area is 99.2 Å². The van der Waals surface area contributed by atoms with Gasteiger partial charge in [-0.3, -0.25) is 0 Å². The molecule has 1 aromatic rings. The minimum Gasteiger partial charge on any atom is -0.372 e. The molecule has 16 heavy (non-hydrogen) atoms. The number of ether oxygens (including phenoxy) is 1. The molecule has 0 N–H and O–H groups in total. The Morgan fingerprint density at radius 2 is 1.69 bits per heavy atom. The summed E-state index contributed by atoms with van der Waals surface area (Å²) in [6.07, 6.45) is 0.200. The van der Waals surface area contributed by atoms with Crippen molar-refractivity contribution in [3.05, 3.63) is 35.9 Å². The molecule has 0 radical (unpaired) electrons. The van der Waals surface area contributed by atoms with Crippen molar-refractivity contribution >= 4 is 0 Å². The zero-order chi connectivity index (χ0) is 11.8. The van der Waals surface area contributed by atoms with Crippen LogP contribution >= 0.6 is 0 Å². The van der Waals surface area contributed by atoms with Crippen molar-refractivity contribution in [3.63, 3.8) is 0 Å². The molecule has 0 aliphatic carbocycles. The summed E-state index contributed by atoms with van der Waals surface area (Å²) < 4.78 is 5.82. The first-order valence-electron chi connectivity index (χ1n) is 6.20. The van der Waals surface area contributed by atoms with Crippen LogP contribution in [0.1, 0.15) is 32.4 Å². The van der Waals surface area contributed by atoms with Crippen molar-refractivity contribution in [1.29, 1.82) is 0 Å². The minimum absolute atomic E-state index is 0.200. The highest BCUT2D eigenvalue weighted by Crippen LogP contribution is 2.18. The molecule has 0 fully saturated rings. The van der Waals surface area contributed by atoms with Crippen LogP contribution in [0.25, 0.3) is 0 Å². The van der Waals surface area contributed by atoms with E-state index in [1.54, 1.807) is 0 Å². The monoisotopic (exact) mass is 221 g/mol. The first-order chi connectivity index (χ1) is 7.81. The summed E-state index contributed by atoms with van der Waals surface area (Å²) in [5.74, 6) is 0. The van der Waals surface area contributed by atoms with Crippen LogP contribution in [0.3, 0.4) is 0 Å². The van der Waals surface area contributed by atoms with E-state index in [0.29, 0.717) is 0 Å². The highest BCUT2D eigenvalue weighted by Gasteiger charge is 2.13. The third kappa shape index (κ3) is 3.95. The average Bonchev–Trinajstić information content (AvgIpc) is 2.35. The van der Waals surface area contributed by atoms with Gasteiger partial charge in [-0.2, -0.15) is 0 Å². The van der Waals surface area contributed by atoms with Crippen molar-refractivity contribution in [2.24, 2.45) is 0 Å². The predicted octanol–water partition coefficient (Wildman–Crippen LogP) is 3.11.